The molecule has 1 aliphatic carbocycles. The van der Waals surface area contributed by atoms with Crippen LogP contribution in [0.2, 0.25) is 0 Å². The lowest BCUT2D eigenvalue weighted by atomic mass is 10.1. The molecule has 1 aliphatic heterocycles. The number of morpholine rings is 1. The molecule has 6 nitrogen and oxygen atoms in total. The summed E-state index contributed by atoms with van der Waals surface area (Å²) in [5.41, 5.74) is 0. The maximum absolute atomic E-state index is 11.8. The Bertz CT molecular complexity index is 356. The summed E-state index contributed by atoms with van der Waals surface area (Å²) in [6.07, 6.45) is 1.80. The first kappa shape index (κ1) is 12.9. The van der Waals surface area contributed by atoms with Gasteiger partial charge in [0.25, 0.3) is 0 Å². The molecule has 0 radical (unpaired) electrons. The van der Waals surface area contributed by atoms with Crippen LogP contribution in [0.1, 0.15) is 12.8 Å². The summed E-state index contributed by atoms with van der Waals surface area (Å²) in [4.78, 5) is 24.4. The molecule has 0 unspecified atom stereocenters. The van der Waals surface area contributed by atoms with E-state index in [-0.39, 0.29) is 18.8 Å². The van der Waals surface area contributed by atoms with Crippen molar-refractivity contribution in [3.05, 3.63) is 12.7 Å². The van der Waals surface area contributed by atoms with Crippen molar-refractivity contribution in [2.45, 2.75) is 25.0 Å². The third-order valence-corrected chi connectivity index (χ3v) is 3.44. The molecule has 1 saturated heterocycles. The Morgan fingerprint density at radius 1 is 1.50 bits per heavy atom. The molecule has 1 amide bonds. The highest BCUT2D eigenvalue weighted by Crippen LogP contribution is 2.34. The molecule has 1 saturated carbocycles. The van der Waals surface area contributed by atoms with Crippen LogP contribution in [0.3, 0.4) is 0 Å². The molecule has 2 aliphatic rings. The van der Waals surface area contributed by atoms with Crippen LogP contribution in [-0.4, -0.2) is 54.0 Å². The molecular weight excluding hydrogens is 238 g/mol. The Morgan fingerprint density at radius 2 is 2.28 bits per heavy atom. The maximum atomic E-state index is 11.8. The summed E-state index contributed by atoms with van der Waals surface area (Å²) in [5, 5.41) is 9.02. The van der Waals surface area contributed by atoms with Crippen molar-refractivity contribution in [3.63, 3.8) is 0 Å². The fourth-order valence-electron chi connectivity index (χ4n) is 2.59. The molecule has 0 bridgehead atoms. The maximum Gasteiger partial charge on any atom is 0.410 e. The number of amides is 1. The molecule has 1 heterocycles. The zero-order chi connectivity index (χ0) is 13.1. The highest BCUT2D eigenvalue weighted by atomic mass is 16.6. The molecule has 0 aromatic rings. The van der Waals surface area contributed by atoms with Gasteiger partial charge in [0, 0.05) is 6.54 Å². The predicted octanol–water partition coefficient (Wildman–Crippen LogP) is 0.873. The van der Waals surface area contributed by atoms with Crippen LogP contribution in [0.15, 0.2) is 12.7 Å². The number of carboxylic acid groups (broad SMARTS) is 1. The van der Waals surface area contributed by atoms with Gasteiger partial charge in [-0.2, -0.15) is 0 Å². The third kappa shape index (κ3) is 2.48. The highest BCUT2D eigenvalue weighted by Gasteiger charge is 2.45. The second-order valence-corrected chi connectivity index (χ2v) is 4.54. The zero-order valence-corrected chi connectivity index (χ0v) is 10.1. The van der Waals surface area contributed by atoms with Crippen LogP contribution in [0, 0.1) is 5.92 Å². The average Bonchev–Trinajstić information content (AvgIpc) is 2.79. The van der Waals surface area contributed by atoms with Crippen LogP contribution < -0.4 is 0 Å². The number of ether oxygens (including phenoxy) is 2. The molecule has 0 aromatic carbocycles. The first-order valence-electron chi connectivity index (χ1n) is 6.02. The van der Waals surface area contributed by atoms with Crippen molar-refractivity contribution in [1.29, 1.82) is 0 Å². The van der Waals surface area contributed by atoms with E-state index in [9.17, 15) is 9.59 Å². The van der Waals surface area contributed by atoms with E-state index in [4.69, 9.17) is 14.6 Å². The first-order chi connectivity index (χ1) is 8.63. The largest absolute Gasteiger partial charge is 0.481 e. The standard InChI is InChI=1S/C12H17NO5/c1-2-4-18-12(16)13-3-5-17-10-7-8(11(14)15)6-9(10)13/h2,8-10H,1,3-7H2,(H,14,15)/t8-,9+,10-/m0/s1. The Hall–Kier alpha value is -1.56. The number of carbonyl (C=O) groups is 2. The highest BCUT2D eigenvalue weighted by molar-refractivity contribution is 5.72. The van der Waals surface area contributed by atoms with Crippen LogP contribution in [0.25, 0.3) is 0 Å². The first-order valence-corrected chi connectivity index (χ1v) is 6.02. The summed E-state index contributed by atoms with van der Waals surface area (Å²) in [5.74, 6) is -1.26. The minimum atomic E-state index is -0.826. The summed E-state index contributed by atoms with van der Waals surface area (Å²) >= 11 is 0. The van der Waals surface area contributed by atoms with Gasteiger partial charge in [-0.25, -0.2) is 4.79 Å². The van der Waals surface area contributed by atoms with Crippen LogP contribution in [0.4, 0.5) is 4.79 Å². The van der Waals surface area contributed by atoms with E-state index in [1.807, 2.05) is 0 Å². The van der Waals surface area contributed by atoms with Crippen molar-refractivity contribution in [2.75, 3.05) is 19.8 Å². The van der Waals surface area contributed by atoms with Crippen molar-refractivity contribution in [3.8, 4) is 0 Å². The SMILES string of the molecule is C=CCOC(=O)N1CCO[C@H]2C[C@@H](C(=O)O)C[C@H]21. The Balaban J connectivity index is 2.01. The van der Waals surface area contributed by atoms with Gasteiger partial charge in [0.05, 0.1) is 24.7 Å². The smallest absolute Gasteiger partial charge is 0.410 e. The number of carbonyl (C=O) groups excluding carboxylic acids is 1. The van der Waals surface area contributed by atoms with Gasteiger partial charge in [0.15, 0.2) is 0 Å². The lowest BCUT2D eigenvalue weighted by Gasteiger charge is -2.36. The Morgan fingerprint density at radius 3 is 2.94 bits per heavy atom. The third-order valence-electron chi connectivity index (χ3n) is 3.44. The van der Waals surface area contributed by atoms with Gasteiger partial charge >= 0.3 is 12.1 Å². The van der Waals surface area contributed by atoms with E-state index in [1.54, 1.807) is 4.90 Å². The lowest BCUT2D eigenvalue weighted by molar-refractivity contribution is -0.141. The molecule has 0 spiro atoms. The van der Waals surface area contributed by atoms with Crippen molar-refractivity contribution >= 4 is 12.1 Å². The minimum Gasteiger partial charge on any atom is -0.481 e. The van der Waals surface area contributed by atoms with E-state index in [2.05, 4.69) is 6.58 Å². The summed E-state index contributed by atoms with van der Waals surface area (Å²) in [7, 11) is 0. The summed E-state index contributed by atoms with van der Waals surface area (Å²) in [6, 6.07) is -0.183. The van der Waals surface area contributed by atoms with Crippen molar-refractivity contribution in [2.24, 2.45) is 5.92 Å². The molecule has 2 fully saturated rings. The van der Waals surface area contributed by atoms with Crippen LogP contribution in [-0.2, 0) is 14.3 Å². The normalized spacial score (nSPS) is 30.7. The summed E-state index contributed by atoms with van der Waals surface area (Å²) in [6.45, 7) is 4.52. The van der Waals surface area contributed by atoms with Gasteiger partial charge in [0.2, 0.25) is 0 Å². The van der Waals surface area contributed by atoms with Gasteiger partial charge in [-0.3, -0.25) is 4.79 Å². The van der Waals surface area contributed by atoms with Crippen molar-refractivity contribution < 1.29 is 24.2 Å². The number of aliphatic carboxylic acids is 1. The van der Waals surface area contributed by atoms with E-state index in [0.29, 0.717) is 26.0 Å². The summed E-state index contributed by atoms with van der Waals surface area (Å²) < 4.78 is 10.5. The van der Waals surface area contributed by atoms with E-state index in [1.165, 1.54) is 6.08 Å². The molecule has 100 valence electrons. The Labute approximate surface area is 105 Å². The quantitative estimate of drug-likeness (QED) is 0.757. The predicted molar refractivity (Wildman–Crippen MR) is 62.1 cm³/mol. The molecule has 3 atom stereocenters. The topological polar surface area (TPSA) is 76.1 Å². The van der Waals surface area contributed by atoms with E-state index >= 15 is 0 Å². The second kappa shape index (κ2) is 5.39. The number of fused-ring (bicyclic) bond motifs is 1. The van der Waals surface area contributed by atoms with E-state index in [0.717, 1.165) is 0 Å². The van der Waals surface area contributed by atoms with Gasteiger partial charge in [-0.15, -0.1) is 0 Å². The molecule has 0 aromatic heterocycles. The molecule has 6 heteroatoms. The van der Waals surface area contributed by atoms with E-state index < -0.39 is 18.0 Å². The number of nitrogens with zero attached hydrogens (tertiary/aromatic N) is 1. The number of carboxylic acids is 1. The molecular formula is C12H17NO5. The molecule has 1 N–H and O–H groups in total. The fourth-order valence-corrected chi connectivity index (χ4v) is 2.59. The van der Waals surface area contributed by atoms with Gasteiger partial charge in [0.1, 0.15) is 6.61 Å². The molecule has 18 heavy (non-hydrogen) atoms. The lowest BCUT2D eigenvalue weighted by Crippen LogP contribution is -2.51. The van der Waals surface area contributed by atoms with Gasteiger partial charge < -0.3 is 19.5 Å². The average molecular weight is 255 g/mol. The monoisotopic (exact) mass is 255 g/mol. The van der Waals surface area contributed by atoms with Gasteiger partial charge in [-0.1, -0.05) is 12.7 Å². The van der Waals surface area contributed by atoms with Gasteiger partial charge in [-0.05, 0) is 12.8 Å². The number of hydrogen-bond acceptors (Lipinski definition) is 4. The minimum absolute atomic E-state index is 0.163. The second-order valence-electron chi connectivity index (χ2n) is 4.54. The van der Waals surface area contributed by atoms with Crippen LogP contribution >= 0.6 is 0 Å². The fraction of sp³-hybridized carbons (Fsp3) is 0.667. The number of rotatable bonds is 3. The Kier molecular flexibility index (Phi) is 3.86. The molecule has 2 rings (SSSR count). The van der Waals surface area contributed by atoms with Crippen LogP contribution in [0.5, 0.6) is 0 Å². The van der Waals surface area contributed by atoms with Crippen molar-refractivity contribution in [1.82, 2.24) is 4.90 Å². The zero-order valence-electron chi connectivity index (χ0n) is 10.1. The number of hydrogen-bond donors (Lipinski definition) is 1.